The Hall–Kier alpha value is -1.98. The van der Waals surface area contributed by atoms with E-state index in [1.807, 2.05) is 30.0 Å². The number of hydrogen-bond donors (Lipinski definition) is 1. The molecule has 0 radical (unpaired) electrons. The Bertz CT molecular complexity index is 837. The molecule has 1 aromatic carbocycles. The number of halogens is 2. The van der Waals surface area contributed by atoms with E-state index in [4.69, 9.17) is 16.7 Å². The number of aromatic nitrogens is 1. The fourth-order valence-electron chi connectivity index (χ4n) is 3.53. The standard InChI is InChI=1S/C21H24ClFN2O2/c1-3-14(15-4-5-19(22)13(2)6-15)7-18-8-16(20(23)9-24-18)10-25-11-17(12-25)21(26)27/h4-6,8-9,14,17H,3,7,10-12H2,1-2H3,(H,26,27)/t14-/m0/s1. The van der Waals surface area contributed by atoms with Gasteiger partial charge in [-0.15, -0.1) is 0 Å². The van der Waals surface area contributed by atoms with Crippen molar-refractivity contribution in [2.24, 2.45) is 5.92 Å². The predicted octanol–water partition coefficient (Wildman–Crippen LogP) is 4.44. The quantitative estimate of drug-likeness (QED) is 0.759. The lowest BCUT2D eigenvalue weighted by Crippen LogP contribution is -2.49. The Kier molecular flexibility index (Phi) is 6.12. The molecule has 0 unspecified atom stereocenters. The van der Waals surface area contributed by atoms with Crippen molar-refractivity contribution in [1.29, 1.82) is 0 Å². The van der Waals surface area contributed by atoms with Gasteiger partial charge in [0.25, 0.3) is 0 Å². The Labute approximate surface area is 164 Å². The second kappa shape index (κ2) is 8.36. The van der Waals surface area contributed by atoms with Crippen LogP contribution < -0.4 is 0 Å². The summed E-state index contributed by atoms with van der Waals surface area (Å²) in [6.07, 6.45) is 2.95. The molecule has 6 heteroatoms. The summed E-state index contributed by atoms with van der Waals surface area (Å²) < 4.78 is 14.2. The molecule has 144 valence electrons. The Morgan fingerprint density at radius 2 is 2.15 bits per heavy atom. The summed E-state index contributed by atoms with van der Waals surface area (Å²) in [4.78, 5) is 17.1. The molecule has 1 N–H and O–H groups in total. The van der Waals surface area contributed by atoms with Crippen molar-refractivity contribution < 1.29 is 14.3 Å². The van der Waals surface area contributed by atoms with E-state index in [-0.39, 0.29) is 17.7 Å². The maximum atomic E-state index is 14.2. The van der Waals surface area contributed by atoms with Crippen molar-refractivity contribution in [3.63, 3.8) is 0 Å². The molecule has 1 fully saturated rings. The topological polar surface area (TPSA) is 53.4 Å². The van der Waals surface area contributed by atoms with E-state index < -0.39 is 5.97 Å². The number of nitrogens with zero attached hydrogens (tertiary/aromatic N) is 2. The van der Waals surface area contributed by atoms with Gasteiger partial charge in [0.2, 0.25) is 0 Å². The first kappa shape index (κ1) is 19.8. The summed E-state index contributed by atoms with van der Waals surface area (Å²) in [6, 6.07) is 7.88. The number of aryl methyl sites for hydroxylation is 1. The highest BCUT2D eigenvalue weighted by Crippen LogP contribution is 2.28. The lowest BCUT2D eigenvalue weighted by molar-refractivity contribution is -0.147. The number of pyridine rings is 1. The van der Waals surface area contributed by atoms with Gasteiger partial charge in [0.15, 0.2) is 0 Å². The largest absolute Gasteiger partial charge is 0.481 e. The van der Waals surface area contributed by atoms with E-state index >= 15 is 0 Å². The van der Waals surface area contributed by atoms with Crippen molar-refractivity contribution in [1.82, 2.24) is 9.88 Å². The zero-order valence-electron chi connectivity index (χ0n) is 15.6. The summed E-state index contributed by atoms with van der Waals surface area (Å²) >= 11 is 6.13. The lowest BCUT2D eigenvalue weighted by Gasteiger charge is -2.36. The van der Waals surface area contributed by atoms with Gasteiger partial charge in [0, 0.05) is 35.9 Å². The van der Waals surface area contributed by atoms with Crippen molar-refractivity contribution in [3.05, 3.63) is 63.7 Å². The highest BCUT2D eigenvalue weighted by Gasteiger charge is 2.32. The van der Waals surface area contributed by atoms with Crippen LogP contribution in [-0.4, -0.2) is 34.0 Å². The highest BCUT2D eigenvalue weighted by molar-refractivity contribution is 6.31. The molecule has 0 bridgehead atoms. The first-order valence-corrected chi connectivity index (χ1v) is 9.59. The number of likely N-dealkylation sites (tertiary alicyclic amines) is 1. The molecule has 0 saturated carbocycles. The van der Waals surface area contributed by atoms with Gasteiger partial charge < -0.3 is 5.11 Å². The van der Waals surface area contributed by atoms with E-state index in [9.17, 15) is 9.18 Å². The van der Waals surface area contributed by atoms with Crippen LogP contribution in [0, 0.1) is 18.7 Å². The maximum Gasteiger partial charge on any atom is 0.309 e. The van der Waals surface area contributed by atoms with Gasteiger partial charge in [0.05, 0.1) is 12.1 Å². The second-order valence-corrected chi connectivity index (χ2v) is 7.72. The smallest absolute Gasteiger partial charge is 0.309 e. The summed E-state index contributed by atoms with van der Waals surface area (Å²) in [7, 11) is 0. The average Bonchev–Trinajstić information content (AvgIpc) is 2.60. The van der Waals surface area contributed by atoms with Crippen LogP contribution in [0.15, 0.2) is 30.5 Å². The van der Waals surface area contributed by atoms with Crippen LogP contribution in [0.4, 0.5) is 4.39 Å². The SMILES string of the molecule is CC[C@@H](Cc1cc(CN2CC(C(=O)O)C2)c(F)cn1)c1ccc(Cl)c(C)c1. The third-order valence-electron chi connectivity index (χ3n) is 5.29. The zero-order chi connectivity index (χ0) is 19.6. The van der Waals surface area contributed by atoms with Crippen molar-refractivity contribution >= 4 is 17.6 Å². The molecule has 1 atom stereocenters. The van der Waals surface area contributed by atoms with Crippen LogP contribution >= 0.6 is 11.6 Å². The summed E-state index contributed by atoms with van der Waals surface area (Å²) in [5, 5.41) is 9.72. The van der Waals surface area contributed by atoms with Gasteiger partial charge in [-0.1, -0.05) is 30.7 Å². The van der Waals surface area contributed by atoms with Gasteiger partial charge in [-0.25, -0.2) is 4.39 Å². The monoisotopic (exact) mass is 390 g/mol. The molecule has 1 aliphatic heterocycles. The molecule has 3 rings (SSSR count). The van der Waals surface area contributed by atoms with E-state index in [1.54, 1.807) is 0 Å². The fraction of sp³-hybridized carbons (Fsp3) is 0.429. The highest BCUT2D eigenvalue weighted by atomic mass is 35.5. The summed E-state index contributed by atoms with van der Waals surface area (Å²) in [5.74, 6) is -1.18. The van der Waals surface area contributed by atoms with Gasteiger partial charge in [-0.2, -0.15) is 0 Å². The summed E-state index contributed by atoms with van der Waals surface area (Å²) in [5.41, 5.74) is 3.68. The van der Waals surface area contributed by atoms with Crippen molar-refractivity contribution in [2.45, 2.75) is 39.2 Å². The molecule has 1 saturated heterocycles. The lowest BCUT2D eigenvalue weighted by atomic mass is 9.90. The maximum absolute atomic E-state index is 14.2. The molecule has 0 aliphatic carbocycles. The number of rotatable bonds is 7. The molecular weight excluding hydrogens is 367 g/mol. The van der Waals surface area contributed by atoms with Gasteiger partial charge >= 0.3 is 5.97 Å². The van der Waals surface area contributed by atoms with Gasteiger partial charge in [0.1, 0.15) is 5.82 Å². The molecule has 1 aliphatic rings. The third kappa shape index (κ3) is 4.66. The minimum absolute atomic E-state index is 0.284. The Morgan fingerprint density at radius 1 is 1.41 bits per heavy atom. The van der Waals surface area contributed by atoms with Gasteiger partial charge in [-0.05, 0) is 48.9 Å². The van der Waals surface area contributed by atoms with E-state index in [1.165, 1.54) is 11.8 Å². The normalized spacial score (nSPS) is 16.1. The Balaban J connectivity index is 1.71. The van der Waals surface area contributed by atoms with E-state index in [0.29, 0.717) is 25.2 Å². The average molecular weight is 391 g/mol. The van der Waals surface area contributed by atoms with Crippen molar-refractivity contribution in [3.8, 4) is 0 Å². The van der Waals surface area contributed by atoms with Crippen LogP contribution in [0.25, 0.3) is 0 Å². The number of carboxylic acids is 1. The number of hydrogen-bond acceptors (Lipinski definition) is 3. The molecular formula is C21H24ClFN2O2. The van der Waals surface area contributed by atoms with E-state index in [2.05, 4.69) is 18.0 Å². The first-order valence-electron chi connectivity index (χ1n) is 9.21. The molecule has 2 heterocycles. The van der Waals surface area contributed by atoms with Crippen molar-refractivity contribution in [2.75, 3.05) is 13.1 Å². The molecule has 4 nitrogen and oxygen atoms in total. The number of benzene rings is 1. The second-order valence-electron chi connectivity index (χ2n) is 7.31. The predicted molar refractivity (Wildman–Crippen MR) is 104 cm³/mol. The van der Waals surface area contributed by atoms with Crippen LogP contribution in [0.3, 0.4) is 0 Å². The zero-order valence-corrected chi connectivity index (χ0v) is 16.3. The number of carbonyl (C=O) groups is 1. The minimum atomic E-state index is -0.786. The summed E-state index contributed by atoms with van der Waals surface area (Å²) in [6.45, 7) is 5.47. The molecule has 2 aromatic rings. The van der Waals surface area contributed by atoms with Crippen LogP contribution in [0.1, 0.15) is 41.6 Å². The third-order valence-corrected chi connectivity index (χ3v) is 5.72. The molecule has 27 heavy (non-hydrogen) atoms. The molecule has 0 spiro atoms. The first-order chi connectivity index (χ1) is 12.9. The van der Waals surface area contributed by atoms with E-state index in [0.717, 1.165) is 29.1 Å². The molecule has 0 amide bonds. The number of aliphatic carboxylic acids is 1. The van der Waals surface area contributed by atoms with Crippen LogP contribution in [-0.2, 0) is 17.8 Å². The number of carboxylic acid groups (broad SMARTS) is 1. The molecule has 1 aromatic heterocycles. The van der Waals surface area contributed by atoms with Crippen LogP contribution in [0.2, 0.25) is 5.02 Å². The van der Waals surface area contributed by atoms with Crippen LogP contribution in [0.5, 0.6) is 0 Å². The minimum Gasteiger partial charge on any atom is -0.481 e. The van der Waals surface area contributed by atoms with Gasteiger partial charge in [-0.3, -0.25) is 14.7 Å². The Morgan fingerprint density at radius 3 is 2.78 bits per heavy atom. The fourth-order valence-corrected chi connectivity index (χ4v) is 3.65.